The highest BCUT2D eigenvalue weighted by Gasteiger charge is 2.78. The predicted molar refractivity (Wildman–Crippen MR) is 151 cm³/mol. The minimum atomic E-state index is -0.751. The molecule has 4 rings (SSSR count). The second kappa shape index (κ2) is 12.7. The standard InChI is InChI=1S/C29H45N3O6S/c1-5-7-8-9-17-38-27(36)23-22-25(34)32(21(3)20-33)24(29(22)11-10-28(23,4)39-29)26(35)31(12-6-2)14-13-30-15-18-37-19-16-30/h5-6,21-24,33H,1-2,7-20H2,3-4H3/t21-,22+,23-,24?,28+,29?/m1/s1. The number of rotatable bonds is 14. The first kappa shape index (κ1) is 30.1. The fraction of sp³-hybridized carbons (Fsp3) is 0.759. The Kier molecular flexibility index (Phi) is 9.83. The Morgan fingerprint density at radius 2 is 2.00 bits per heavy atom. The Balaban J connectivity index is 1.59. The van der Waals surface area contributed by atoms with Gasteiger partial charge < -0.3 is 24.4 Å². The topological polar surface area (TPSA) is 99.6 Å². The molecule has 4 saturated heterocycles. The monoisotopic (exact) mass is 563 g/mol. The molecule has 4 heterocycles. The molecule has 9 nitrogen and oxygen atoms in total. The summed E-state index contributed by atoms with van der Waals surface area (Å²) in [5, 5.41) is 10.1. The third-order valence-corrected chi connectivity index (χ3v) is 10.9. The molecule has 39 heavy (non-hydrogen) atoms. The first-order chi connectivity index (χ1) is 18.7. The van der Waals surface area contributed by atoms with Crippen LogP contribution in [-0.4, -0.2) is 118 Å². The molecule has 2 amide bonds. The van der Waals surface area contributed by atoms with Crippen LogP contribution in [0, 0.1) is 11.8 Å². The highest BCUT2D eigenvalue weighted by molar-refractivity contribution is 8.02. The maximum Gasteiger partial charge on any atom is 0.311 e. The largest absolute Gasteiger partial charge is 0.465 e. The Labute approximate surface area is 236 Å². The van der Waals surface area contributed by atoms with Crippen molar-refractivity contribution >= 4 is 29.5 Å². The predicted octanol–water partition coefficient (Wildman–Crippen LogP) is 2.09. The van der Waals surface area contributed by atoms with Gasteiger partial charge in [-0.1, -0.05) is 12.2 Å². The average molecular weight is 564 g/mol. The van der Waals surface area contributed by atoms with Gasteiger partial charge in [0.25, 0.3) is 0 Å². The van der Waals surface area contributed by atoms with Crippen molar-refractivity contribution in [2.75, 3.05) is 59.2 Å². The van der Waals surface area contributed by atoms with E-state index in [0.717, 1.165) is 38.8 Å². The minimum absolute atomic E-state index is 0.130. The second-order valence-electron chi connectivity index (χ2n) is 11.5. The number of thioether (sulfide) groups is 1. The fourth-order valence-corrected chi connectivity index (χ4v) is 9.25. The first-order valence-electron chi connectivity index (χ1n) is 14.3. The number of carbonyl (C=O) groups is 3. The maximum atomic E-state index is 14.4. The molecule has 0 aromatic rings. The summed E-state index contributed by atoms with van der Waals surface area (Å²) < 4.78 is 9.98. The van der Waals surface area contributed by atoms with E-state index in [-0.39, 0.29) is 24.4 Å². The van der Waals surface area contributed by atoms with Crippen molar-refractivity contribution in [1.29, 1.82) is 0 Å². The molecule has 2 bridgehead atoms. The van der Waals surface area contributed by atoms with Gasteiger partial charge >= 0.3 is 5.97 Å². The molecular weight excluding hydrogens is 518 g/mol. The number of nitrogens with zero attached hydrogens (tertiary/aromatic N) is 3. The third kappa shape index (κ3) is 5.67. The van der Waals surface area contributed by atoms with E-state index in [2.05, 4.69) is 18.1 Å². The number of amides is 2. The van der Waals surface area contributed by atoms with E-state index < -0.39 is 33.4 Å². The fourth-order valence-electron chi connectivity index (χ4n) is 6.92. The van der Waals surface area contributed by atoms with Crippen LogP contribution in [0.15, 0.2) is 25.3 Å². The number of unbranched alkanes of at least 4 members (excludes halogenated alkanes) is 2. The van der Waals surface area contributed by atoms with Crippen molar-refractivity contribution in [3.8, 4) is 0 Å². The van der Waals surface area contributed by atoms with Crippen LogP contribution < -0.4 is 0 Å². The molecule has 4 aliphatic rings. The second-order valence-corrected chi connectivity index (χ2v) is 13.4. The smallest absolute Gasteiger partial charge is 0.311 e. The first-order valence-corrected chi connectivity index (χ1v) is 15.2. The highest BCUT2D eigenvalue weighted by Crippen LogP contribution is 2.71. The zero-order valence-corrected chi connectivity index (χ0v) is 24.3. The third-order valence-electron chi connectivity index (χ3n) is 8.94. The molecule has 1 N–H and O–H groups in total. The van der Waals surface area contributed by atoms with E-state index in [1.165, 1.54) is 0 Å². The van der Waals surface area contributed by atoms with Gasteiger partial charge in [0.05, 0.1) is 49.1 Å². The molecule has 0 radical (unpaired) electrons. The van der Waals surface area contributed by atoms with Crippen LogP contribution in [0.2, 0.25) is 0 Å². The van der Waals surface area contributed by atoms with Gasteiger partial charge in [0.2, 0.25) is 11.8 Å². The van der Waals surface area contributed by atoms with Crippen LogP contribution >= 0.6 is 11.8 Å². The van der Waals surface area contributed by atoms with Gasteiger partial charge in [0.15, 0.2) is 0 Å². The lowest BCUT2D eigenvalue weighted by Gasteiger charge is -2.39. The quantitative estimate of drug-likeness (QED) is 0.195. The van der Waals surface area contributed by atoms with Crippen LogP contribution in [-0.2, 0) is 23.9 Å². The number of carbonyl (C=O) groups excluding carboxylic acids is 3. The van der Waals surface area contributed by atoms with Gasteiger partial charge in [-0.3, -0.25) is 19.3 Å². The molecule has 10 heteroatoms. The van der Waals surface area contributed by atoms with Crippen molar-refractivity contribution in [3.05, 3.63) is 25.3 Å². The van der Waals surface area contributed by atoms with Crippen LogP contribution in [0.1, 0.15) is 46.0 Å². The number of aliphatic hydroxyl groups is 1. The number of hydrogen-bond acceptors (Lipinski definition) is 8. The summed E-state index contributed by atoms with van der Waals surface area (Å²) in [4.78, 5) is 47.6. The number of morpholine rings is 1. The summed E-state index contributed by atoms with van der Waals surface area (Å²) in [6.07, 6.45) is 7.47. The summed E-state index contributed by atoms with van der Waals surface area (Å²) in [5.74, 6) is -1.95. The number of ether oxygens (including phenoxy) is 2. The Morgan fingerprint density at radius 3 is 2.67 bits per heavy atom. The molecular formula is C29H45N3O6S. The zero-order valence-electron chi connectivity index (χ0n) is 23.5. The number of esters is 1. The van der Waals surface area contributed by atoms with Crippen molar-refractivity contribution in [2.45, 2.75) is 67.5 Å². The van der Waals surface area contributed by atoms with Crippen LogP contribution in [0.25, 0.3) is 0 Å². The van der Waals surface area contributed by atoms with E-state index in [0.29, 0.717) is 45.9 Å². The molecule has 218 valence electrons. The van der Waals surface area contributed by atoms with E-state index >= 15 is 0 Å². The zero-order chi connectivity index (χ0) is 28.2. The van der Waals surface area contributed by atoms with E-state index in [1.54, 1.807) is 34.6 Å². The lowest BCUT2D eigenvalue weighted by atomic mass is 9.66. The number of fused-ring (bicyclic) bond motifs is 1. The van der Waals surface area contributed by atoms with Crippen molar-refractivity contribution in [3.63, 3.8) is 0 Å². The summed E-state index contributed by atoms with van der Waals surface area (Å²) in [5.41, 5.74) is 0. The van der Waals surface area contributed by atoms with E-state index in [1.807, 2.05) is 13.0 Å². The van der Waals surface area contributed by atoms with Gasteiger partial charge in [0, 0.05) is 37.5 Å². The Hall–Kier alpha value is -1.88. The summed E-state index contributed by atoms with van der Waals surface area (Å²) in [6.45, 7) is 16.1. The number of aliphatic hydroxyl groups excluding tert-OH is 1. The lowest BCUT2D eigenvalue weighted by Crippen LogP contribution is -2.57. The van der Waals surface area contributed by atoms with Gasteiger partial charge in [-0.15, -0.1) is 24.9 Å². The molecule has 0 aromatic heterocycles. The van der Waals surface area contributed by atoms with Crippen LogP contribution in [0.4, 0.5) is 0 Å². The lowest BCUT2D eigenvalue weighted by molar-refractivity contribution is -0.156. The van der Waals surface area contributed by atoms with E-state index in [4.69, 9.17) is 9.47 Å². The van der Waals surface area contributed by atoms with Crippen molar-refractivity contribution < 1.29 is 29.0 Å². The summed E-state index contributed by atoms with van der Waals surface area (Å²) in [6, 6.07) is -1.29. The molecule has 4 fully saturated rings. The molecule has 0 saturated carbocycles. The maximum absolute atomic E-state index is 14.4. The van der Waals surface area contributed by atoms with Crippen molar-refractivity contribution in [2.24, 2.45) is 11.8 Å². The SMILES string of the molecule is C=CCCCCOC(=O)[C@H]1[C@H]2C(=O)N([C@H](C)CO)C(C(=O)N(CC=C)CCN3CCOCC3)C23CC[C@]1(C)S3. The molecule has 4 aliphatic heterocycles. The van der Waals surface area contributed by atoms with Crippen molar-refractivity contribution in [1.82, 2.24) is 14.7 Å². The summed E-state index contributed by atoms with van der Waals surface area (Å²) >= 11 is 1.63. The van der Waals surface area contributed by atoms with Gasteiger partial charge in [0.1, 0.15) is 6.04 Å². The molecule has 2 unspecified atom stereocenters. The number of likely N-dealkylation sites (tertiary alicyclic amines) is 1. The molecule has 1 spiro atoms. The van der Waals surface area contributed by atoms with Crippen LogP contribution in [0.5, 0.6) is 0 Å². The number of allylic oxidation sites excluding steroid dienone is 1. The van der Waals surface area contributed by atoms with Crippen LogP contribution in [0.3, 0.4) is 0 Å². The average Bonchev–Trinajstić information content (AvgIpc) is 3.51. The normalized spacial score (nSPS) is 32.6. The molecule has 0 aromatic carbocycles. The number of hydrogen-bond donors (Lipinski definition) is 1. The van der Waals surface area contributed by atoms with Gasteiger partial charge in [-0.05, 0) is 46.0 Å². The van der Waals surface area contributed by atoms with Gasteiger partial charge in [-0.2, -0.15) is 0 Å². The Bertz CT molecular complexity index is 942. The Morgan fingerprint density at radius 1 is 1.26 bits per heavy atom. The van der Waals surface area contributed by atoms with Gasteiger partial charge in [-0.25, -0.2) is 0 Å². The molecule has 0 aliphatic carbocycles. The molecule has 6 atom stereocenters. The minimum Gasteiger partial charge on any atom is -0.465 e. The summed E-state index contributed by atoms with van der Waals surface area (Å²) in [7, 11) is 0. The highest BCUT2D eigenvalue weighted by atomic mass is 32.2. The van der Waals surface area contributed by atoms with E-state index in [9.17, 15) is 19.5 Å².